The van der Waals surface area contributed by atoms with Crippen molar-refractivity contribution in [1.29, 1.82) is 0 Å². The lowest BCUT2D eigenvalue weighted by molar-refractivity contribution is -0.122. The minimum Gasteiger partial charge on any atom is -0.451 e. The summed E-state index contributed by atoms with van der Waals surface area (Å²) in [5, 5.41) is 1.12. The number of hydrogen-bond donors (Lipinski definition) is 0. The Labute approximate surface area is 248 Å². The topological polar surface area (TPSA) is 93.6 Å². The van der Waals surface area contributed by atoms with Gasteiger partial charge in [0.1, 0.15) is 0 Å². The van der Waals surface area contributed by atoms with Gasteiger partial charge in [-0.3, -0.25) is 19.3 Å². The second-order valence-corrected chi connectivity index (χ2v) is 11.4. The predicted octanol–water partition coefficient (Wildman–Crippen LogP) is 6.97. The van der Waals surface area contributed by atoms with Crippen LogP contribution in [0.25, 0.3) is 22.2 Å². The fraction of sp³-hybridized carbons (Fsp3) is 0.265. The minimum atomic E-state index is -1.02. The van der Waals surface area contributed by atoms with Crippen LogP contribution in [0.15, 0.2) is 72.8 Å². The first-order chi connectivity index (χ1) is 20.2. The van der Waals surface area contributed by atoms with E-state index in [2.05, 4.69) is 0 Å². The van der Waals surface area contributed by atoms with E-state index in [1.54, 1.807) is 67.6 Å². The number of para-hydroxylation sites is 1. The lowest BCUT2D eigenvalue weighted by atomic mass is 9.81. The number of carbonyl (C=O) groups excluding carboxylic acids is 4. The molecule has 2 fully saturated rings. The number of hydrogen-bond acceptors (Lipinski definition) is 6. The standard InChI is InChI=1S/C34H29ClN2O5/c1-19-6-5-9-25-28(34(41)42-20(2)31(38)22-10-14-23(35)15-11-22)18-29(36-30(19)25)21-12-16-24(17-13-21)37-32(39)26-7-3-4-8-27(26)33(37)40/h5-6,9-18,20,26-27H,3-4,7-8H2,1-2H3. The number of benzene rings is 3. The highest BCUT2D eigenvalue weighted by Gasteiger charge is 2.48. The molecular weight excluding hydrogens is 552 g/mol. The Hall–Kier alpha value is -4.36. The van der Waals surface area contributed by atoms with E-state index in [0.29, 0.717) is 38.4 Å². The number of halogens is 1. The van der Waals surface area contributed by atoms with Crippen molar-refractivity contribution < 1.29 is 23.9 Å². The van der Waals surface area contributed by atoms with Gasteiger partial charge in [-0.1, -0.05) is 54.8 Å². The summed E-state index contributed by atoms with van der Waals surface area (Å²) < 4.78 is 5.65. The van der Waals surface area contributed by atoms with E-state index in [9.17, 15) is 19.2 Å². The van der Waals surface area contributed by atoms with Crippen LogP contribution in [0.3, 0.4) is 0 Å². The maximum absolute atomic E-state index is 13.5. The van der Waals surface area contributed by atoms with Gasteiger partial charge in [0.25, 0.3) is 0 Å². The van der Waals surface area contributed by atoms with E-state index >= 15 is 0 Å². The molecule has 3 unspecified atom stereocenters. The highest BCUT2D eigenvalue weighted by molar-refractivity contribution is 6.30. The Morgan fingerprint density at radius 2 is 1.57 bits per heavy atom. The molecule has 4 aromatic rings. The number of Topliss-reactive ketones (excluding diaryl/α,β-unsaturated/α-hetero) is 1. The number of nitrogens with zero attached hydrogens (tertiary/aromatic N) is 2. The molecule has 8 heteroatoms. The van der Waals surface area contributed by atoms with E-state index in [-0.39, 0.29) is 35.0 Å². The highest BCUT2D eigenvalue weighted by Crippen LogP contribution is 2.40. The average Bonchev–Trinajstić information content (AvgIpc) is 3.26. The Kier molecular flexibility index (Phi) is 7.37. The van der Waals surface area contributed by atoms with E-state index in [1.165, 1.54) is 4.90 Å². The van der Waals surface area contributed by atoms with E-state index in [4.69, 9.17) is 21.3 Å². The zero-order valence-electron chi connectivity index (χ0n) is 23.3. The monoisotopic (exact) mass is 580 g/mol. The molecule has 0 N–H and O–H groups in total. The van der Waals surface area contributed by atoms with Gasteiger partial charge < -0.3 is 4.74 Å². The number of fused-ring (bicyclic) bond motifs is 2. The maximum Gasteiger partial charge on any atom is 0.339 e. The van der Waals surface area contributed by atoms with E-state index < -0.39 is 12.1 Å². The Balaban J connectivity index is 1.30. The molecule has 7 nitrogen and oxygen atoms in total. The molecular formula is C34H29ClN2O5. The van der Waals surface area contributed by atoms with Crippen molar-refractivity contribution in [3.8, 4) is 11.3 Å². The molecule has 0 spiro atoms. The third-order valence-corrected chi connectivity index (χ3v) is 8.56. The summed E-state index contributed by atoms with van der Waals surface area (Å²) in [4.78, 5) is 58.7. The van der Waals surface area contributed by atoms with E-state index in [0.717, 1.165) is 31.2 Å². The van der Waals surface area contributed by atoms with Crippen molar-refractivity contribution in [2.45, 2.75) is 45.6 Å². The molecule has 2 amide bonds. The quantitative estimate of drug-likeness (QED) is 0.139. The Bertz CT molecular complexity index is 1710. The van der Waals surface area contributed by atoms with Crippen molar-refractivity contribution >= 4 is 51.8 Å². The first kappa shape index (κ1) is 27.8. The number of esters is 1. The third kappa shape index (κ3) is 4.98. The lowest BCUT2D eigenvalue weighted by Crippen LogP contribution is -2.30. The van der Waals surface area contributed by atoms with Gasteiger partial charge in [-0.15, -0.1) is 0 Å². The molecule has 3 atom stereocenters. The number of pyridine rings is 1. The molecule has 2 heterocycles. The number of ether oxygens (including phenoxy) is 1. The second-order valence-electron chi connectivity index (χ2n) is 11.0. The molecule has 2 aliphatic rings. The predicted molar refractivity (Wildman–Crippen MR) is 161 cm³/mol. The van der Waals surface area contributed by atoms with Gasteiger partial charge in [0.05, 0.1) is 34.3 Å². The van der Waals surface area contributed by atoms with Crippen LogP contribution in [0.1, 0.15) is 58.9 Å². The third-order valence-electron chi connectivity index (χ3n) is 8.31. The Morgan fingerprint density at radius 1 is 0.929 bits per heavy atom. The zero-order chi connectivity index (χ0) is 29.5. The van der Waals surface area contributed by atoms with Crippen LogP contribution in [0.5, 0.6) is 0 Å². The molecule has 1 aliphatic heterocycles. The summed E-state index contributed by atoms with van der Waals surface area (Å²) in [6, 6.07) is 20.7. The van der Waals surface area contributed by atoms with Crippen molar-refractivity contribution in [2.24, 2.45) is 11.8 Å². The fourth-order valence-corrected chi connectivity index (χ4v) is 6.16. The van der Waals surface area contributed by atoms with Crippen LogP contribution in [-0.4, -0.2) is 34.7 Å². The zero-order valence-corrected chi connectivity index (χ0v) is 24.1. The van der Waals surface area contributed by atoms with Crippen molar-refractivity contribution in [3.05, 3.63) is 94.5 Å². The smallest absolute Gasteiger partial charge is 0.339 e. The molecule has 212 valence electrons. The number of anilines is 1. The maximum atomic E-state index is 13.5. The average molecular weight is 581 g/mol. The van der Waals surface area contributed by atoms with Crippen LogP contribution >= 0.6 is 11.6 Å². The second kappa shape index (κ2) is 11.1. The number of imide groups is 1. The van der Waals surface area contributed by atoms with Gasteiger partial charge in [0.15, 0.2) is 6.10 Å². The number of aromatic nitrogens is 1. The summed E-state index contributed by atoms with van der Waals surface area (Å²) >= 11 is 5.94. The van der Waals surface area contributed by atoms with Crippen LogP contribution in [0.2, 0.25) is 5.02 Å². The van der Waals surface area contributed by atoms with Gasteiger partial charge in [-0.05, 0) is 74.7 Å². The van der Waals surface area contributed by atoms with Crippen LogP contribution in [-0.2, 0) is 14.3 Å². The molecule has 1 aliphatic carbocycles. The molecule has 6 rings (SSSR count). The Morgan fingerprint density at radius 3 is 2.21 bits per heavy atom. The summed E-state index contributed by atoms with van der Waals surface area (Å²) in [5.41, 5.74) is 3.96. The SMILES string of the molecule is Cc1cccc2c(C(=O)OC(C)C(=O)c3ccc(Cl)cc3)cc(-c3ccc(N4C(=O)C5CCCCC5C4=O)cc3)nc12. The molecule has 42 heavy (non-hydrogen) atoms. The summed E-state index contributed by atoms with van der Waals surface area (Å²) in [6.45, 7) is 3.45. The number of carbonyl (C=O) groups is 4. The van der Waals surface area contributed by atoms with Gasteiger partial charge >= 0.3 is 5.97 Å². The first-order valence-corrected chi connectivity index (χ1v) is 14.5. The van der Waals surface area contributed by atoms with Crippen LogP contribution in [0, 0.1) is 18.8 Å². The molecule has 3 aromatic carbocycles. The summed E-state index contributed by atoms with van der Waals surface area (Å²) in [6.07, 6.45) is 2.44. The molecule has 1 saturated heterocycles. The van der Waals surface area contributed by atoms with Gasteiger partial charge in [-0.25, -0.2) is 9.78 Å². The van der Waals surface area contributed by atoms with Crippen LogP contribution < -0.4 is 4.90 Å². The number of amides is 2. The molecule has 0 radical (unpaired) electrons. The van der Waals surface area contributed by atoms with Gasteiger partial charge in [0, 0.05) is 21.5 Å². The van der Waals surface area contributed by atoms with E-state index in [1.807, 2.05) is 19.1 Å². The fourth-order valence-electron chi connectivity index (χ4n) is 6.03. The van der Waals surface area contributed by atoms with Crippen LogP contribution in [0.4, 0.5) is 5.69 Å². The van der Waals surface area contributed by atoms with Gasteiger partial charge in [-0.2, -0.15) is 0 Å². The molecule has 1 aromatic heterocycles. The molecule has 1 saturated carbocycles. The minimum absolute atomic E-state index is 0.121. The number of ketones is 1. The van der Waals surface area contributed by atoms with Crippen molar-refractivity contribution in [1.82, 2.24) is 4.98 Å². The highest BCUT2D eigenvalue weighted by atomic mass is 35.5. The largest absolute Gasteiger partial charge is 0.451 e. The van der Waals surface area contributed by atoms with Crippen molar-refractivity contribution in [3.63, 3.8) is 0 Å². The summed E-state index contributed by atoms with van der Waals surface area (Å²) in [7, 11) is 0. The van der Waals surface area contributed by atoms with Gasteiger partial charge in [0.2, 0.25) is 17.6 Å². The normalized spacial score (nSPS) is 19.1. The van der Waals surface area contributed by atoms with Crippen molar-refractivity contribution in [2.75, 3.05) is 4.90 Å². The number of aryl methyl sites for hydroxylation is 1. The number of rotatable bonds is 6. The summed E-state index contributed by atoms with van der Waals surface area (Å²) in [5.74, 6) is -1.67. The molecule has 0 bridgehead atoms. The first-order valence-electron chi connectivity index (χ1n) is 14.1. The lowest BCUT2D eigenvalue weighted by Gasteiger charge is -2.19.